The maximum atomic E-state index is 12.8. The third-order valence-electron chi connectivity index (χ3n) is 4.70. The lowest BCUT2D eigenvalue weighted by molar-refractivity contribution is -0.139. The van der Waals surface area contributed by atoms with E-state index in [1.807, 2.05) is 35.2 Å². The molecule has 2 aromatic rings. The van der Waals surface area contributed by atoms with Gasteiger partial charge < -0.3 is 10.0 Å². The second-order valence-corrected chi connectivity index (χ2v) is 6.34. The van der Waals surface area contributed by atoms with Crippen molar-refractivity contribution in [2.24, 2.45) is 0 Å². The molecule has 1 N–H and O–H groups in total. The standard InChI is InChI=1S/C19H22N2O3/c22-17(21-12-2-1-8-16(21)9-10-18(23)24)13-15-6-3-5-14-7-4-11-20-19(14)15/h3-7,11,16H,1-2,8-10,12-13H2,(H,23,24). The van der Waals surface area contributed by atoms with Gasteiger partial charge in [-0.15, -0.1) is 0 Å². The van der Waals surface area contributed by atoms with Gasteiger partial charge in [0.05, 0.1) is 11.9 Å². The predicted molar refractivity (Wildman–Crippen MR) is 91.7 cm³/mol. The molecule has 1 amide bonds. The van der Waals surface area contributed by atoms with E-state index in [4.69, 9.17) is 5.11 Å². The van der Waals surface area contributed by atoms with Gasteiger partial charge in [-0.2, -0.15) is 0 Å². The number of aromatic nitrogens is 1. The summed E-state index contributed by atoms with van der Waals surface area (Å²) < 4.78 is 0. The molecule has 1 aromatic heterocycles. The zero-order chi connectivity index (χ0) is 16.9. The molecule has 0 bridgehead atoms. The van der Waals surface area contributed by atoms with Crippen LogP contribution in [0.1, 0.15) is 37.7 Å². The Labute approximate surface area is 141 Å². The van der Waals surface area contributed by atoms with E-state index < -0.39 is 5.97 Å². The van der Waals surface area contributed by atoms with E-state index in [-0.39, 0.29) is 18.4 Å². The lowest BCUT2D eigenvalue weighted by atomic mass is 9.96. The second-order valence-electron chi connectivity index (χ2n) is 6.34. The summed E-state index contributed by atoms with van der Waals surface area (Å²) in [5, 5.41) is 9.94. The van der Waals surface area contributed by atoms with Gasteiger partial charge in [0, 0.05) is 30.6 Å². The van der Waals surface area contributed by atoms with Crippen molar-refractivity contribution in [1.82, 2.24) is 9.88 Å². The average Bonchev–Trinajstić information content (AvgIpc) is 2.60. The molecule has 0 radical (unpaired) electrons. The third-order valence-corrected chi connectivity index (χ3v) is 4.70. The highest BCUT2D eigenvalue weighted by atomic mass is 16.4. The number of piperidine rings is 1. The number of para-hydroxylation sites is 1. The minimum Gasteiger partial charge on any atom is -0.481 e. The number of fused-ring (bicyclic) bond motifs is 1. The molecule has 0 spiro atoms. The zero-order valence-corrected chi connectivity index (χ0v) is 13.6. The van der Waals surface area contributed by atoms with E-state index in [0.29, 0.717) is 12.8 Å². The van der Waals surface area contributed by atoms with Crippen LogP contribution in [0.2, 0.25) is 0 Å². The molecule has 1 aliphatic rings. The third kappa shape index (κ3) is 3.72. The van der Waals surface area contributed by atoms with Crippen LogP contribution < -0.4 is 0 Å². The normalized spacial score (nSPS) is 17.8. The van der Waals surface area contributed by atoms with Gasteiger partial charge >= 0.3 is 5.97 Å². The highest BCUT2D eigenvalue weighted by Crippen LogP contribution is 2.23. The predicted octanol–water partition coefficient (Wildman–Crippen LogP) is 3.02. The van der Waals surface area contributed by atoms with Gasteiger partial charge in [-0.05, 0) is 37.3 Å². The van der Waals surface area contributed by atoms with E-state index in [1.165, 1.54) is 0 Å². The lowest BCUT2D eigenvalue weighted by Gasteiger charge is -2.36. The highest BCUT2D eigenvalue weighted by molar-refractivity contribution is 5.87. The summed E-state index contributed by atoms with van der Waals surface area (Å²) in [5.41, 5.74) is 1.80. The van der Waals surface area contributed by atoms with Crippen molar-refractivity contribution in [3.8, 4) is 0 Å². The number of hydrogen-bond acceptors (Lipinski definition) is 3. The van der Waals surface area contributed by atoms with Crippen LogP contribution in [0, 0.1) is 0 Å². The number of carboxylic acid groups (broad SMARTS) is 1. The topological polar surface area (TPSA) is 70.5 Å². The molecule has 3 rings (SSSR count). The lowest BCUT2D eigenvalue weighted by Crippen LogP contribution is -2.44. The molecule has 0 saturated carbocycles. The smallest absolute Gasteiger partial charge is 0.303 e. The molecule has 1 fully saturated rings. The van der Waals surface area contributed by atoms with Crippen LogP contribution in [0.5, 0.6) is 0 Å². The summed E-state index contributed by atoms with van der Waals surface area (Å²) in [7, 11) is 0. The number of nitrogens with zero attached hydrogens (tertiary/aromatic N) is 2. The van der Waals surface area contributed by atoms with Gasteiger partial charge in [0.2, 0.25) is 5.91 Å². The molecule has 1 aliphatic heterocycles. The number of amides is 1. The molecule has 24 heavy (non-hydrogen) atoms. The van der Waals surface area contributed by atoms with E-state index in [1.54, 1.807) is 6.20 Å². The SMILES string of the molecule is O=C(O)CCC1CCCCN1C(=O)Cc1cccc2cccnc12. The van der Waals surface area contributed by atoms with Crippen LogP contribution in [0.25, 0.3) is 10.9 Å². The summed E-state index contributed by atoms with van der Waals surface area (Å²) >= 11 is 0. The molecule has 126 valence electrons. The minimum absolute atomic E-state index is 0.0466. The Bertz CT molecular complexity index is 739. The number of rotatable bonds is 5. The summed E-state index contributed by atoms with van der Waals surface area (Å²) in [6, 6.07) is 9.82. The van der Waals surface area contributed by atoms with E-state index in [0.717, 1.165) is 42.3 Å². The first-order chi connectivity index (χ1) is 11.6. The van der Waals surface area contributed by atoms with Crippen molar-refractivity contribution in [1.29, 1.82) is 0 Å². The Hall–Kier alpha value is -2.43. The van der Waals surface area contributed by atoms with Crippen molar-refractivity contribution < 1.29 is 14.7 Å². The highest BCUT2D eigenvalue weighted by Gasteiger charge is 2.27. The second kappa shape index (κ2) is 7.43. The Morgan fingerprint density at radius 1 is 1.21 bits per heavy atom. The van der Waals surface area contributed by atoms with Crippen LogP contribution in [-0.2, 0) is 16.0 Å². The number of benzene rings is 1. The molecule has 1 aromatic carbocycles. The first kappa shape index (κ1) is 16.4. The van der Waals surface area contributed by atoms with Gasteiger partial charge in [0.1, 0.15) is 0 Å². The fraction of sp³-hybridized carbons (Fsp3) is 0.421. The van der Waals surface area contributed by atoms with E-state index >= 15 is 0 Å². The van der Waals surface area contributed by atoms with E-state index in [2.05, 4.69) is 4.98 Å². The molecule has 1 atom stereocenters. The van der Waals surface area contributed by atoms with Gasteiger partial charge in [0.15, 0.2) is 0 Å². The molecule has 1 unspecified atom stereocenters. The summed E-state index contributed by atoms with van der Waals surface area (Å²) in [5.74, 6) is -0.727. The monoisotopic (exact) mass is 326 g/mol. The van der Waals surface area contributed by atoms with Crippen molar-refractivity contribution in [2.45, 2.75) is 44.6 Å². The van der Waals surface area contributed by atoms with Crippen LogP contribution in [-0.4, -0.2) is 39.5 Å². The van der Waals surface area contributed by atoms with Crippen molar-refractivity contribution in [3.05, 3.63) is 42.1 Å². The number of pyridine rings is 1. The Morgan fingerprint density at radius 3 is 2.88 bits per heavy atom. The molecule has 5 nitrogen and oxygen atoms in total. The van der Waals surface area contributed by atoms with Gasteiger partial charge in [-0.1, -0.05) is 24.3 Å². The number of carbonyl (C=O) groups excluding carboxylic acids is 1. The summed E-state index contributed by atoms with van der Waals surface area (Å²) in [4.78, 5) is 30.0. The molecule has 0 aliphatic carbocycles. The van der Waals surface area contributed by atoms with Crippen molar-refractivity contribution >= 4 is 22.8 Å². The quantitative estimate of drug-likeness (QED) is 0.917. The Balaban J connectivity index is 1.75. The summed E-state index contributed by atoms with van der Waals surface area (Å²) in [6.45, 7) is 0.724. The van der Waals surface area contributed by atoms with E-state index in [9.17, 15) is 9.59 Å². The fourth-order valence-corrected chi connectivity index (χ4v) is 3.49. The van der Waals surface area contributed by atoms with Crippen LogP contribution in [0.4, 0.5) is 0 Å². The first-order valence-corrected chi connectivity index (χ1v) is 8.49. The molecule has 5 heteroatoms. The Kier molecular flexibility index (Phi) is 5.08. The maximum absolute atomic E-state index is 12.8. The average molecular weight is 326 g/mol. The largest absolute Gasteiger partial charge is 0.481 e. The van der Waals surface area contributed by atoms with Crippen molar-refractivity contribution in [3.63, 3.8) is 0 Å². The number of hydrogen-bond donors (Lipinski definition) is 1. The number of likely N-dealkylation sites (tertiary alicyclic amines) is 1. The Morgan fingerprint density at radius 2 is 2.04 bits per heavy atom. The first-order valence-electron chi connectivity index (χ1n) is 8.49. The van der Waals surface area contributed by atoms with Gasteiger partial charge in [-0.25, -0.2) is 0 Å². The number of aliphatic carboxylic acids is 1. The maximum Gasteiger partial charge on any atom is 0.303 e. The number of carbonyl (C=O) groups is 2. The number of carboxylic acids is 1. The minimum atomic E-state index is -0.800. The fourth-order valence-electron chi connectivity index (χ4n) is 3.49. The van der Waals surface area contributed by atoms with Crippen LogP contribution in [0.15, 0.2) is 36.5 Å². The van der Waals surface area contributed by atoms with Crippen molar-refractivity contribution in [2.75, 3.05) is 6.54 Å². The molecule has 2 heterocycles. The molecular formula is C19H22N2O3. The summed E-state index contributed by atoms with van der Waals surface area (Å²) in [6.07, 6.45) is 5.66. The van der Waals surface area contributed by atoms with Gasteiger partial charge in [-0.3, -0.25) is 14.6 Å². The van der Waals surface area contributed by atoms with Crippen LogP contribution in [0.3, 0.4) is 0 Å². The van der Waals surface area contributed by atoms with Crippen LogP contribution >= 0.6 is 0 Å². The zero-order valence-electron chi connectivity index (χ0n) is 13.6. The molecular weight excluding hydrogens is 304 g/mol. The molecule has 1 saturated heterocycles. The van der Waals surface area contributed by atoms with Gasteiger partial charge in [0.25, 0.3) is 0 Å².